The van der Waals surface area contributed by atoms with E-state index in [1.54, 1.807) is 12.1 Å². The van der Waals surface area contributed by atoms with Gasteiger partial charge in [0.05, 0.1) is 23.7 Å². The summed E-state index contributed by atoms with van der Waals surface area (Å²) < 4.78 is 21.7. The van der Waals surface area contributed by atoms with E-state index in [2.05, 4.69) is 0 Å². The lowest BCUT2D eigenvalue weighted by Gasteiger charge is -2.42. The third-order valence-corrected chi connectivity index (χ3v) is 6.69. The van der Waals surface area contributed by atoms with Crippen molar-refractivity contribution in [1.29, 1.82) is 0 Å². The smallest absolute Gasteiger partial charge is 0.341 e. The first kappa shape index (κ1) is 16.7. The van der Waals surface area contributed by atoms with Crippen LogP contribution < -0.4 is 0 Å². The maximum Gasteiger partial charge on any atom is 0.341 e. The second kappa shape index (κ2) is 6.59. The maximum absolute atomic E-state index is 12.5. The quantitative estimate of drug-likeness (QED) is 0.755. The van der Waals surface area contributed by atoms with Crippen molar-refractivity contribution in [1.82, 2.24) is 0 Å². The molecule has 0 radical (unpaired) electrons. The van der Waals surface area contributed by atoms with Gasteiger partial charge in [0.1, 0.15) is 24.7 Å². The van der Waals surface area contributed by atoms with Gasteiger partial charge in [-0.1, -0.05) is 12.8 Å². The van der Waals surface area contributed by atoms with Crippen LogP contribution in [0, 0.1) is 23.7 Å². The van der Waals surface area contributed by atoms with E-state index < -0.39 is 24.1 Å². The molecule has 6 nitrogen and oxygen atoms in total. The highest BCUT2D eigenvalue weighted by molar-refractivity contribution is 5.90. The molecule has 3 saturated carbocycles. The van der Waals surface area contributed by atoms with Crippen LogP contribution in [0.15, 0.2) is 46.0 Å². The summed E-state index contributed by atoms with van der Waals surface area (Å²) in [6.07, 6.45) is 10.6. The Hall–Kier alpha value is -2.50. The first-order chi connectivity index (χ1) is 13.2. The summed E-state index contributed by atoms with van der Waals surface area (Å²) in [5.41, 5.74) is 0.774. The Labute approximate surface area is 156 Å². The van der Waals surface area contributed by atoms with E-state index in [4.69, 9.17) is 18.3 Å². The molecule has 0 N–H and O–H groups in total. The van der Waals surface area contributed by atoms with E-state index in [9.17, 15) is 9.59 Å². The van der Waals surface area contributed by atoms with E-state index in [-0.39, 0.29) is 11.8 Å². The van der Waals surface area contributed by atoms with Crippen molar-refractivity contribution < 1.29 is 27.9 Å². The van der Waals surface area contributed by atoms with Crippen LogP contribution in [0.1, 0.15) is 52.8 Å². The molecule has 3 aliphatic rings. The molecule has 0 saturated heterocycles. The fraction of sp³-hybridized carbons (Fsp3) is 0.524. The van der Waals surface area contributed by atoms with Gasteiger partial charge < -0.3 is 18.3 Å². The molecule has 6 unspecified atom stereocenters. The van der Waals surface area contributed by atoms with Crippen LogP contribution in [-0.4, -0.2) is 24.1 Å². The number of carbonyl (C=O) groups excluding carboxylic acids is 2. The van der Waals surface area contributed by atoms with E-state index in [1.807, 2.05) is 0 Å². The number of hydrogen-bond acceptors (Lipinski definition) is 6. The Morgan fingerprint density at radius 2 is 1.26 bits per heavy atom. The molecule has 2 heterocycles. The van der Waals surface area contributed by atoms with Crippen LogP contribution >= 0.6 is 0 Å². The van der Waals surface area contributed by atoms with E-state index >= 15 is 0 Å². The molecular formula is C21H22O6. The zero-order chi connectivity index (χ0) is 18.4. The highest BCUT2D eigenvalue weighted by atomic mass is 16.6. The summed E-state index contributed by atoms with van der Waals surface area (Å²) in [6.45, 7) is 0. The normalized spacial score (nSPS) is 34.2. The Morgan fingerprint density at radius 3 is 1.67 bits per heavy atom. The molecule has 142 valence electrons. The highest BCUT2D eigenvalue weighted by Crippen LogP contribution is 2.59. The lowest BCUT2D eigenvalue weighted by atomic mass is 9.69. The van der Waals surface area contributed by atoms with Crippen molar-refractivity contribution in [2.24, 2.45) is 23.7 Å². The van der Waals surface area contributed by atoms with Gasteiger partial charge >= 0.3 is 11.9 Å². The lowest BCUT2D eigenvalue weighted by Crippen LogP contribution is -2.47. The summed E-state index contributed by atoms with van der Waals surface area (Å²) in [5.74, 6) is 0.817. The van der Waals surface area contributed by atoms with Crippen LogP contribution in [0.3, 0.4) is 0 Å². The van der Waals surface area contributed by atoms with Crippen LogP contribution in [0.4, 0.5) is 0 Å². The van der Waals surface area contributed by atoms with Crippen molar-refractivity contribution >= 4 is 11.9 Å². The number of hydrogen-bond donors (Lipinski definition) is 0. The Balaban J connectivity index is 1.39. The summed E-state index contributed by atoms with van der Waals surface area (Å²) >= 11 is 0. The Bertz CT molecular complexity index is 740. The predicted molar refractivity (Wildman–Crippen MR) is 92.9 cm³/mol. The largest absolute Gasteiger partial charge is 0.472 e. The molecule has 0 aromatic carbocycles. The van der Waals surface area contributed by atoms with Crippen LogP contribution in [0.5, 0.6) is 0 Å². The standard InChI is InChI=1S/C21H22O6/c22-20(12-5-7-24-10-12)26-18-16-9-17(15-4-2-1-3-14(15)16)19(18)27-21(23)13-6-8-25-11-13/h5-8,10-11,14-19H,1-4,9H2. The minimum absolute atomic E-state index is 0.262. The zero-order valence-corrected chi connectivity index (χ0v) is 14.9. The number of ether oxygens (including phenoxy) is 2. The Morgan fingerprint density at radius 1 is 0.778 bits per heavy atom. The van der Waals surface area contributed by atoms with Crippen molar-refractivity contribution in [2.45, 2.75) is 44.3 Å². The van der Waals surface area contributed by atoms with Gasteiger partial charge in [-0.15, -0.1) is 0 Å². The molecule has 2 aromatic heterocycles. The number of carbonyl (C=O) groups is 2. The summed E-state index contributed by atoms with van der Waals surface area (Å²) in [4.78, 5) is 25.0. The van der Waals surface area contributed by atoms with Gasteiger partial charge in [-0.2, -0.15) is 0 Å². The van der Waals surface area contributed by atoms with Gasteiger partial charge in [0.15, 0.2) is 0 Å². The van der Waals surface area contributed by atoms with Crippen molar-refractivity contribution in [3.05, 3.63) is 48.3 Å². The summed E-state index contributed by atoms with van der Waals surface area (Å²) in [6, 6.07) is 3.18. The number of fused-ring (bicyclic) bond motifs is 5. The van der Waals surface area contributed by atoms with Crippen molar-refractivity contribution in [2.75, 3.05) is 0 Å². The molecule has 6 heteroatoms. The van der Waals surface area contributed by atoms with Gasteiger partial charge in [-0.05, 0) is 43.2 Å². The minimum Gasteiger partial charge on any atom is -0.472 e. The van der Waals surface area contributed by atoms with Gasteiger partial charge in [-0.25, -0.2) is 9.59 Å². The minimum atomic E-state index is -0.419. The highest BCUT2D eigenvalue weighted by Gasteiger charge is 2.61. The number of rotatable bonds is 4. The SMILES string of the molecule is O=C(OC1C2CC(C3CCCCC32)C1OC(=O)c1ccoc1)c1ccoc1. The third-order valence-electron chi connectivity index (χ3n) is 6.69. The molecule has 0 spiro atoms. The molecule has 0 amide bonds. The third kappa shape index (κ3) is 2.78. The molecule has 3 fully saturated rings. The Kier molecular flexibility index (Phi) is 4.06. The van der Waals surface area contributed by atoms with Gasteiger partial charge in [0.25, 0.3) is 0 Å². The second-order valence-electron chi connectivity index (χ2n) is 7.94. The summed E-state index contributed by atoms with van der Waals surface area (Å²) in [5, 5.41) is 0. The molecule has 2 aromatic rings. The van der Waals surface area contributed by atoms with E-state index in [0.29, 0.717) is 23.0 Å². The van der Waals surface area contributed by atoms with Gasteiger partial charge in [0, 0.05) is 11.8 Å². The van der Waals surface area contributed by atoms with Crippen LogP contribution in [0.2, 0.25) is 0 Å². The zero-order valence-electron chi connectivity index (χ0n) is 14.9. The fourth-order valence-electron chi connectivity index (χ4n) is 5.61. The first-order valence-corrected chi connectivity index (χ1v) is 9.69. The van der Waals surface area contributed by atoms with E-state index in [1.165, 1.54) is 50.7 Å². The number of esters is 2. The average molecular weight is 370 g/mol. The second-order valence-corrected chi connectivity index (χ2v) is 7.94. The predicted octanol–water partition coefficient (Wildman–Crippen LogP) is 4.08. The molecule has 0 aliphatic heterocycles. The van der Waals surface area contributed by atoms with Crippen LogP contribution in [0.25, 0.3) is 0 Å². The molecule has 2 bridgehead atoms. The van der Waals surface area contributed by atoms with Crippen LogP contribution in [-0.2, 0) is 9.47 Å². The monoisotopic (exact) mass is 370 g/mol. The average Bonchev–Trinajstić information content (AvgIpc) is 3.46. The molecule has 27 heavy (non-hydrogen) atoms. The number of furan rings is 2. The molecule has 3 aliphatic carbocycles. The van der Waals surface area contributed by atoms with E-state index in [0.717, 1.165) is 6.42 Å². The van der Waals surface area contributed by atoms with Crippen molar-refractivity contribution in [3.8, 4) is 0 Å². The van der Waals surface area contributed by atoms with Gasteiger partial charge in [-0.3, -0.25) is 0 Å². The fourth-order valence-corrected chi connectivity index (χ4v) is 5.61. The maximum atomic E-state index is 12.5. The molecule has 6 atom stereocenters. The topological polar surface area (TPSA) is 78.9 Å². The first-order valence-electron chi connectivity index (χ1n) is 9.69. The molecular weight excluding hydrogens is 348 g/mol. The lowest BCUT2D eigenvalue weighted by molar-refractivity contribution is -0.0872. The summed E-state index contributed by atoms with van der Waals surface area (Å²) in [7, 11) is 0. The van der Waals surface area contributed by atoms with Gasteiger partial charge in [0.2, 0.25) is 0 Å². The molecule has 5 rings (SSSR count). The van der Waals surface area contributed by atoms with Crippen molar-refractivity contribution in [3.63, 3.8) is 0 Å².